The molecule has 1 amide bonds. The van der Waals surface area contributed by atoms with Crippen LogP contribution in [0.5, 0.6) is 0 Å². The first-order valence-electron chi connectivity index (χ1n) is 6.26. The fraction of sp³-hybridized carbons (Fsp3) is 0.133. The zero-order valence-corrected chi connectivity index (χ0v) is 11.2. The van der Waals surface area contributed by atoms with Crippen molar-refractivity contribution in [1.29, 1.82) is 0 Å². The van der Waals surface area contributed by atoms with Crippen LogP contribution in [0.15, 0.2) is 53.9 Å². The van der Waals surface area contributed by atoms with Gasteiger partial charge in [0.15, 0.2) is 0 Å². The fourth-order valence-corrected chi connectivity index (χ4v) is 1.52. The summed E-state index contributed by atoms with van der Waals surface area (Å²) in [7, 11) is 0. The lowest BCUT2D eigenvalue weighted by Crippen LogP contribution is -2.25. The second kappa shape index (κ2) is 7.04. The Bertz CT molecular complexity index is 579. The van der Waals surface area contributed by atoms with Crippen LogP contribution >= 0.6 is 0 Å². The predicted molar refractivity (Wildman–Crippen MR) is 79.6 cm³/mol. The quantitative estimate of drug-likeness (QED) is 0.643. The predicted octanol–water partition coefficient (Wildman–Crippen LogP) is 1.95. The normalized spacial score (nSPS) is 10.4. The van der Waals surface area contributed by atoms with E-state index in [-0.39, 0.29) is 12.5 Å². The molecule has 0 unspecified atom stereocenters. The van der Waals surface area contributed by atoms with E-state index in [0.29, 0.717) is 0 Å². The van der Waals surface area contributed by atoms with E-state index in [9.17, 15) is 4.79 Å². The highest BCUT2D eigenvalue weighted by Gasteiger charge is 1.98. The number of amides is 1. The number of nitrogens with one attached hydrogen (secondary N) is 2. The van der Waals surface area contributed by atoms with Gasteiger partial charge in [0.2, 0.25) is 0 Å². The molecule has 0 bridgehead atoms. The summed E-state index contributed by atoms with van der Waals surface area (Å²) in [6.45, 7) is 2.20. The largest absolute Gasteiger partial charge is 0.376 e. The molecule has 0 saturated heterocycles. The molecular formula is C15H16N4O. The van der Waals surface area contributed by atoms with E-state index >= 15 is 0 Å². The van der Waals surface area contributed by atoms with Gasteiger partial charge in [0.1, 0.15) is 0 Å². The minimum Gasteiger partial charge on any atom is -0.376 e. The molecule has 5 nitrogen and oxygen atoms in total. The molecule has 0 atom stereocenters. The molecule has 5 heteroatoms. The molecule has 0 aliphatic carbocycles. The number of aromatic nitrogens is 1. The number of nitrogens with zero attached hydrogens (tertiary/aromatic N) is 2. The third-order valence-electron chi connectivity index (χ3n) is 2.61. The van der Waals surface area contributed by atoms with Gasteiger partial charge >= 0.3 is 0 Å². The van der Waals surface area contributed by atoms with Crippen molar-refractivity contribution in [2.24, 2.45) is 5.10 Å². The van der Waals surface area contributed by atoms with Gasteiger partial charge in [-0.1, -0.05) is 17.7 Å². The first-order valence-corrected chi connectivity index (χ1v) is 6.26. The number of rotatable bonds is 5. The van der Waals surface area contributed by atoms with Crippen LogP contribution < -0.4 is 10.7 Å². The molecule has 0 fully saturated rings. The second-order valence-electron chi connectivity index (χ2n) is 4.29. The molecule has 0 radical (unpaired) electrons. The molecule has 1 aromatic carbocycles. The minimum absolute atomic E-state index is 0.177. The van der Waals surface area contributed by atoms with Gasteiger partial charge in [0, 0.05) is 18.1 Å². The van der Waals surface area contributed by atoms with E-state index in [1.807, 2.05) is 31.2 Å². The summed E-state index contributed by atoms with van der Waals surface area (Å²) >= 11 is 0. The summed E-state index contributed by atoms with van der Waals surface area (Å²) in [6.07, 6.45) is 4.91. The summed E-state index contributed by atoms with van der Waals surface area (Å²) < 4.78 is 0. The average Bonchev–Trinajstić information content (AvgIpc) is 2.48. The van der Waals surface area contributed by atoms with Crippen LogP contribution in [0.4, 0.5) is 5.69 Å². The van der Waals surface area contributed by atoms with Crippen LogP contribution in [0, 0.1) is 6.92 Å². The van der Waals surface area contributed by atoms with Gasteiger partial charge < -0.3 is 5.32 Å². The molecule has 0 spiro atoms. The fourth-order valence-electron chi connectivity index (χ4n) is 1.52. The molecule has 0 saturated carbocycles. The van der Waals surface area contributed by atoms with Crippen molar-refractivity contribution < 1.29 is 4.79 Å². The smallest absolute Gasteiger partial charge is 0.259 e. The maximum atomic E-state index is 11.6. The lowest BCUT2D eigenvalue weighted by Gasteiger charge is -2.05. The van der Waals surface area contributed by atoms with E-state index in [1.165, 1.54) is 5.56 Å². The first kappa shape index (κ1) is 13.7. The van der Waals surface area contributed by atoms with Crippen molar-refractivity contribution in [2.75, 3.05) is 11.9 Å². The highest BCUT2D eigenvalue weighted by molar-refractivity contribution is 5.84. The van der Waals surface area contributed by atoms with Gasteiger partial charge in [-0.05, 0) is 36.8 Å². The second-order valence-corrected chi connectivity index (χ2v) is 4.29. The number of anilines is 1. The molecule has 1 heterocycles. The SMILES string of the molecule is Cc1ccc(NCC(=O)N/N=C\c2ccncc2)cc1. The lowest BCUT2D eigenvalue weighted by molar-refractivity contribution is -0.119. The molecular weight excluding hydrogens is 252 g/mol. The van der Waals surface area contributed by atoms with Crippen LogP contribution in [0.3, 0.4) is 0 Å². The summed E-state index contributed by atoms with van der Waals surface area (Å²) in [5.74, 6) is -0.198. The average molecular weight is 268 g/mol. The molecule has 20 heavy (non-hydrogen) atoms. The van der Waals surface area contributed by atoms with Crippen molar-refractivity contribution in [3.05, 3.63) is 59.9 Å². The number of carbonyl (C=O) groups excluding carboxylic acids is 1. The van der Waals surface area contributed by atoms with Gasteiger partial charge in [-0.3, -0.25) is 9.78 Å². The Hall–Kier alpha value is -2.69. The van der Waals surface area contributed by atoms with E-state index < -0.39 is 0 Å². The van der Waals surface area contributed by atoms with Gasteiger partial charge in [-0.15, -0.1) is 0 Å². The third-order valence-corrected chi connectivity index (χ3v) is 2.61. The van der Waals surface area contributed by atoms with Crippen LogP contribution in [0.25, 0.3) is 0 Å². The maximum absolute atomic E-state index is 11.6. The highest BCUT2D eigenvalue weighted by atomic mass is 16.2. The number of pyridine rings is 1. The Morgan fingerprint density at radius 3 is 2.60 bits per heavy atom. The van der Waals surface area contributed by atoms with Crippen molar-refractivity contribution >= 4 is 17.8 Å². The highest BCUT2D eigenvalue weighted by Crippen LogP contribution is 2.07. The topological polar surface area (TPSA) is 66.4 Å². The number of carbonyl (C=O) groups is 1. The van der Waals surface area contributed by atoms with E-state index in [4.69, 9.17) is 0 Å². The summed E-state index contributed by atoms with van der Waals surface area (Å²) in [4.78, 5) is 15.5. The molecule has 0 aliphatic rings. The zero-order valence-electron chi connectivity index (χ0n) is 11.2. The molecule has 2 aromatic rings. The monoisotopic (exact) mass is 268 g/mol. The molecule has 2 rings (SSSR count). The van der Waals surface area contributed by atoms with E-state index in [1.54, 1.807) is 30.7 Å². The van der Waals surface area contributed by atoms with Gasteiger partial charge in [0.25, 0.3) is 5.91 Å². The molecule has 0 aliphatic heterocycles. The van der Waals surface area contributed by atoms with Crippen molar-refractivity contribution in [3.63, 3.8) is 0 Å². The van der Waals surface area contributed by atoms with Gasteiger partial charge in [0.05, 0.1) is 12.8 Å². The number of aryl methyl sites for hydroxylation is 1. The van der Waals surface area contributed by atoms with Crippen molar-refractivity contribution in [1.82, 2.24) is 10.4 Å². The molecule has 102 valence electrons. The van der Waals surface area contributed by atoms with Crippen molar-refractivity contribution in [3.8, 4) is 0 Å². The van der Waals surface area contributed by atoms with Gasteiger partial charge in [-0.2, -0.15) is 5.10 Å². The number of hydrogen-bond acceptors (Lipinski definition) is 4. The van der Waals surface area contributed by atoms with Crippen LogP contribution in [-0.2, 0) is 4.79 Å². The number of hydrogen-bond donors (Lipinski definition) is 2. The zero-order chi connectivity index (χ0) is 14.2. The molecule has 2 N–H and O–H groups in total. The van der Waals surface area contributed by atoms with E-state index in [2.05, 4.69) is 20.8 Å². The standard InChI is InChI=1S/C15H16N4O/c1-12-2-4-14(5-3-12)17-11-15(20)19-18-10-13-6-8-16-9-7-13/h2-10,17H,11H2,1H3,(H,19,20)/b18-10-. The summed E-state index contributed by atoms with van der Waals surface area (Å²) in [5.41, 5.74) is 5.43. The first-order chi connectivity index (χ1) is 9.74. The Balaban J connectivity index is 1.76. The minimum atomic E-state index is -0.198. The van der Waals surface area contributed by atoms with Gasteiger partial charge in [-0.25, -0.2) is 5.43 Å². The summed E-state index contributed by atoms with van der Waals surface area (Å²) in [6, 6.07) is 11.5. The number of hydrazone groups is 1. The Kier molecular flexibility index (Phi) is 4.83. The Labute approximate surface area is 117 Å². The van der Waals surface area contributed by atoms with Crippen LogP contribution in [0.1, 0.15) is 11.1 Å². The molecule has 1 aromatic heterocycles. The number of benzene rings is 1. The lowest BCUT2D eigenvalue weighted by atomic mass is 10.2. The maximum Gasteiger partial charge on any atom is 0.259 e. The van der Waals surface area contributed by atoms with Crippen LogP contribution in [0.2, 0.25) is 0 Å². The third kappa shape index (κ3) is 4.53. The van der Waals surface area contributed by atoms with Crippen LogP contribution in [-0.4, -0.2) is 23.7 Å². The Morgan fingerprint density at radius 2 is 1.90 bits per heavy atom. The van der Waals surface area contributed by atoms with E-state index in [0.717, 1.165) is 11.3 Å². The van der Waals surface area contributed by atoms with Crippen molar-refractivity contribution in [2.45, 2.75) is 6.92 Å². The summed E-state index contributed by atoms with van der Waals surface area (Å²) in [5, 5.41) is 6.90. The Morgan fingerprint density at radius 1 is 1.20 bits per heavy atom.